The summed E-state index contributed by atoms with van der Waals surface area (Å²) in [5, 5.41) is 9.22. The van der Waals surface area contributed by atoms with E-state index in [1.165, 1.54) is 0 Å². The number of carboxylic acid groups (broad SMARTS) is 1. The van der Waals surface area contributed by atoms with E-state index in [0.29, 0.717) is 11.3 Å². The molecule has 1 N–H and O–H groups in total. The number of benzene rings is 2. The van der Waals surface area contributed by atoms with Gasteiger partial charge < -0.3 is 33.7 Å². The highest BCUT2D eigenvalue weighted by atomic mass is 19.4. The van der Waals surface area contributed by atoms with Gasteiger partial charge in [0.1, 0.15) is 23.9 Å². The third kappa shape index (κ3) is 14.3. The Morgan fingerprint density at radius 1 is 0.857 bits per heavy atom. The lowest BCUT2D eigenvalue weighted by Gasteiger charge is -2.22. The highest BCUT2D eigenvalue weighted by Crippen LogP contribution is 2.25. The first-order chi connectivity index (χ1) is 19.8. The second kappa shape index (κ2) is 16.7. The normalized spacial score (nSPS) is 12.5. The molecule has 0 heterocycles. The zero-order chi connectivity index (χ0) is 31.2. The Labute approximate surface area is 237 Å². The van der Waals surface area contributed by atoms with Gasteiger partial charge in [0.25, 0.3) is 0 Å². The molecule has 9 nitrogen and oxygen atoms in total. The monoisotopic (exact) mass is 611 g/mol. The van der Waals surface area contributed by atoms with Gasteiger partial charge in [0.05, 0.1) is 13.2 Å². The van der Waals surface area contributed by atoms with E-state index in [1.807, 2.05) is 0 Å². The maximum atomic E-state index is 12.7. The fourth-order valence-electron chi connectivity index (χ4n) is 3.45. The molecule has 2 rings (SSSR count). The Bertz CT molecular complexity index is 1090. The smallest absolute Gasteiger partial charge is 0.492 e. The minimum absolute atomic E-state index is 0.0302. The third-order valence-corrected chi connectivity index (χ3v) is 5.39. The van der Waals surface area contributed by atoms with Crippen LogP contribution in [0.25, 0.3) is 0 Å². The lowest BCUT2D eigenvalue weighted by molar-refractivity contribution is -0.274. The summed E-state index contributed by atoms with van der Waals surface area (Å²) in [5.41, 5.74) is 0.697. The number of halogens is 6. The number of amides is 1. The van der Waals surface area contributed by atoms with Gasteiger partial charge in [0, 0.05) is 32.6 Å². The van der Waals surface area contributed by atoms with Crippen LogP contribution in [0.2, 0.25) is 0 Å². The largest absolute Gasteiger partial charge is 0.573 e. The summed E-state index contributed by atoms with van der Waals surface area (Å²) in [5.74, 6) is -1.26. The Morgan fingerprint density at radius 3 is 2.02 bits per heavy atom. The van der Waals surface area contributed by atoms with Gasteiger partial charge in [-0.25, -0.2) is 9.59 Å². The maximum Gasteiger partial charge on any atom is 0.573 e. The number of alkyl halides is 6. The predicted molar refractivity (Wildman–Crippen MR) is 136 cm³/mol. The van der Waals surface area contributed by atoms with Crippen LogP contribution in [0.4, 0.5) is 31.1 Å². The van der Waals surface area contributed by atoms with Gasteiger partial charge in [-0.3, -0.25) is 0 Å². The Hall–Kier alpha value is -3.72. The molecule has 0 aromatic heterocycles. The summed E-state index contributed by atoms with van der Waals surface area (Å²) in [6, 6.07) is 10.7. The minimum Gasteiger partial charge on any atom is -0.492 e. The first-order valence-corrected chi connectivity index (χ1v) is 12.8. The fourth-order valence-corrected chi connectivity index (χ4v) is 3.45. The SMILES string of the molecule is CCOC(Cc1ccc(OCCN(CCOCCCC(F)(F)F)C(=O)Oc2ccc(OC(F)(F)F)cc2)cc1)C(=O)O. The molecule has 0 aliphatic rings. The molecule has 0 radical (unpaired) electrons. The van der Waals surface area contributed by atoms with Gasteiger partial charge in [-0.15, -0.1) is 13.2 Å². The van der Waals surface area contributed by atoms with Crippen LogP contribution in [0.15, 0.2) is 48.5 Å². The Kier molecular flexibility index (Phi) is 13.7. The summed E-state index contributed by atoms with van der Waals surface area (Å²) >= 11 is 0. The molecule has 0 saturated heterocycles. The van der Waals surface area contributed by atoms with Crippen molar-refractivity contribution in [2.75, 3.05) is 39.5 Å². The van der Waals surface area contributed by atoms with Crippen LogP contribution in [0.3, 0.4) is 0 Å². The maximum absolute atomic E-state index is 12.7. The Morgan fingerprint density at radius 2 is 1.45 bits per heavy atom. The highest BCUT2D eigenvalue weighted by molar-refractivity contribution is 5.72. The average Bonchev–Trinajstić information content (AvgIpc) is 2.89. The first-order valence-electron chi connectivity index (χ1n) is 12.8. The number of ether oxygens (including phenoxy) is 5. The zero-order valence-corrected chi connectivity index (χ0v) is 22.6. The van der Waals surface area contributed by atoms with Crippen molar-refractivity contribution in [2.24, 2.45) is 0 Å². The molecule has 234 valence electrons. The number of rotatable bonds is 17. The molecular formula is C27H31F6NO8. The van der Waals surface area contributed by atoms with E-state index in [-0.39, 0.29) is 58.1 Å². The zero-order valence-electron chi connectivity index (χ0n) is 22.6. The van der Waals surface area contributed by atoms with Gasteiger partial charge in [0.15, 0.2) is 6.10 Å². The second-order valence-electron chi connectivity index (χ2n) is 8.68. The van der Waals surface area contributed by atoms with Gasteiger partial charge in [-0.2, -0.15) is 13.2 Å². The lowest BCUT2D eigenvalue weighted by Crippen LogP contribution is -2.39. The summed E-state index contributed by atoms with van der Waals surface area (Å²) in [6.07, 6.45) is -12.2. The van der Waals surface area contributed by atoms with Crippen molar-refractivity contribution >= 4 is 12.1 Å². The number of hydrogen-bond acceptors (Lipinski definition) is 7. The van der Waals surface area contributed by atoms with E-state index in [9.17, 15) is 41.0 Å². The van der Waals surface area contributed by atoms with E-state index < -0.39 is 42.9 Å². The number of carbonyl (C=O) groups is 2. The molecule has 0 fully saturated rings. The molecule has 0 aliphatic heterocycles. The van der Waals surface area contributed by atoms with E-state index in [2.05, 4.69) is 4.74 Å². The van der Waals surface area contributed by atoms with Gasteiger partial charge in [-0.05, 0) is 55.3 Å². The molecular weight excluding hydrogens is 580 g/mol. The van der Waals surface area contributed by atoms with E-state index >= 15 is 0 Å². The number of hydrogen-bond donors (Lipinski definition) is 1. The number of carboxylic acids is 1. The second-order valence-corrected chi connectivity index (χ2v) is 8.68. The number of nitrogens with zero attached hydrogens (tertiary/aromatic N) is 1. The quantitative estimate of drug-likeness (QED) is 0.175. The van der Waals surface area contributed by atoms with Gasteiger partial charge in [0.2, 0.25) is 0 Å². The lowest BCUT2D eigenvalue weighted by atomic mass is 10.1. The summed E-state index contributed by atoms with van der Waals surface area (Å²) in [7, 11) is 0. The molecule has 1 atom stereocenters. The molecule has 42 heavy (non-hydrogen) atoms. The molecule has 2 aromatic carbocycles. The number of carbonyl (C=O) groups excluding carboxylic acids is 1. The van der Waals surface area contributed by atoms with Crippen LogP contribution in [-0.2, 0) is 20.7 Å². The van der Waals surface area contributed by atoms with E-state index in [0.717, 1.165) is 29.2 Å². The molecule has 0 saturated carbocycles. The third-order valence-electron chi connectivity index (χ3n) is 5.39. The van der Waals surface area contributed by atoms with Crippen LogP contribution in [0.5, 0.6) is 17.2 Å². The van der Waals surface area contributed by atoms with Crippen LogP contribution in [-0.4, -0.2) is 80.2 Å². The number of aliphatic carboxylic acids is 1. The van der Waals surface area contributed by atoms with Gasteiger partial charge >= 0.3 is 24.6 Å². The van der Waals surface area contributed by atoms with Crippen molar-refractivity contribution in [3.05, 3.63) is 54.1 Å². The molecule has 1 unspecified atom stereocenters. The molecule has 0 spiro atoms. The fraction of sp³-hybridized carbons (Fsp3) is 0.481. The van der Waals surface area contributed by atoms with Crippen molar-refractivity contribution in [3.8, 4) is 17.2 Å². The summed E-state index contributed by atoms with van der Waals surface area (Å²) in [4.78, 5) is 25.2. The Balaban J connectivity index is 1.94. The molecule has 2 aromatic rings. The summed E-state index contributed by atoms with van der Waals surface area (Å²) < 4.78 is 99.0. The topological polar surface area (TPSA) is 104 Å². The highest BCUT2D eigenvalue weighted by Gasteiger charge is 2.31. The molecule has 15 heteroatoms. The van der Waals surface area contributed by atoms with E-state index in [4.69, 9.17) is 18.9 Å². The van der Waals surface area contributed by atoms with Crippen molar-refractivity contribution in [2.45, 2.75) is 44.8 Å². The molecule has 0 bridgehead atoms. The van der Waals surface area contributed by atoms with Crippen LogP contribution in [0, 0.1) is 0 Å². The van der Waals surface area contributed by atoms with Crippen molar-refractivity contribution in [1.82, 2.24) is 4.90 Å². The van der Waals surface area contributed by atoms with Crippen LogP contribution < -0.4 is 14.2 Å². The standard InChI is InChI=1S/C27H31F6NO8/c1-2-39-23(24(35)36)18-19-4-6-20(7-5-19)40-17-14-34(13-16-38-15-3-12-26(28,29)30)25(37)41-21-8-10-22(11-9-21)42-27(31,32)33/h4-11,23H,2-3,12-18H2,1H3,(H,35,36). The van der Waals surface area contributed by atoms with E-state index in [1.54, 1.807) is 31.2 Å². The average molecular weight is 612 g/mol. The van der Waals surface area contributed by atoms with Crippen molar-refractivity contribution in [3.63, 3.8) is 0 Å². The van der Waals surface area contributed by atoms with Gasteiger partial charge in [-0.1, -0.05) is 12.1 Å². The molecule has 1 amide bonds. The first kappa shape index (κ1) is 34.5. The van der Waals surface area contributed by atoms with Crippen molar-refractivity contribution < 1.29 is 64.7 Å². The summed E-state index contributed by atoms with van der Waals surface area (Å²) in [6.45, 7) is 1.51. The molecule has 0 aliphatic carbocycles. The van der Waals surface area contributed by atoms with Crippen LogP contribution in [0.1, 0.15) is 25.3 Å². The van der Waals surface area contributed by atoms with Crippen molar-refractivity contribution in [1.29, 1.82) is 0 Å². The predicted octanol–water partition coefficient (Wildman–Crippen LogP) is 5.86. The minimum atomic E-state index is -4.89. The van der Waals surface area contributed by atoms with Crippen LogP contribution >= 0.6 is 0 Å².